The van der Waals surface area contributed by atoms with Crippen molar-refractivity contribution in [2.45, 2.75) is 52.5 Å². The van der Waals surface area contributed by atoms with E-state index in [-0.39, 0.29) is 5.75 Å². The molecule has 0 aromatic heterocycles. The Bertz CT molecular complexity index is 313. The van der Waals surface area contributed by atoms with Crippen molar-refractivity contribution in [1.82, 2.24) is 5.32 Å². The third kappa shape index (κ3) is 5.38. The zero-order valence-corrected chi connectivity index (χ0v) is 12.2. The van der Waals surface area contributed by atoms with Crippen molar-refractivity contribution < 1.29 is 8.42 Å². The normalized spacial score (nSPS) is 30.4. The van der Waals surface area contributed by atoms with Gasteiger partial charge in [-0.05, 0) is 44.1 Å². The summed E-state index contributed by atoms with van der Waals surface area (Å²) in [5.74, 6) is 2.23. The van der Waals surface area contributed by atoms with Crippen molar-refractivity contribution in [1.29, 1.82) is 0 Å². The minimum atomic E-state index is -2.78. The summed E-state index contributed by atoms with van der Waals surface area (Å²) in [4.78, 5) is 0. The zero-order valence-electron chi connectivity index (χ0n) is 11.4. The fraction of sp³-hybridized carbons (Fsp3) is 1.00. The summed E-state index contributed by atoms with van der Waals surface area (Å²) in [7, 11) is -2.78. The summed E-state index contributed by atoms with van der Waals surface area (Å²) < 4.78 is 22.6. The summed E-state index contributed by atoms with van der Waals surface area (Å²) in [6.07, 6.45) is 4.52. The molecular formula is C13H27NO2S. The second kappa shape index (κ2) is 6.74. The lowest BCUT2D eigenvalue weighted by molar-refractivity contribution is 0.227. The highest BCUT2D eigenvalue weighted by Gasteiger charge is 2.23. The van der Waals surface area contributed by atoms with Crippen molar-refractivity contribution in [2.75, 3.05) is 18.1 Å². The Kier molecular flexibility index (Phi) is 5.93. The highest BCUT2D eigenvalue weighted by atomic mass is 32.2. The van der Waals surface area contributed by atoms with E-state index >= 15 is 0 Å². The maximum Gasteiger partial charge on any atom is 0.150 e. The van der Waals surface area contributed by atoms with Crippen molar-refractivity contribution in [3.63, 3.8) is 0 Å². The Morgan fingerprint density at radius 3 is 2.47 bits per heavy atom. The van der Waals surface area contributed by atoms with Gasteiger partial charge in [-0.1, -0.05) is 20.8 Å². The average molecular weight is 261 g/mol. The topological polar surface area (TPSA) is 46.2 Å². The SMILES string of the molecule is CCS(=O)(=O)CCCNC1CCC(C)C(C)C1. The number of sulfone groups is 1. The molecule has 0 saturated heterocycles. The van der Waals surface area contributed by atoms with Gasteiger partial charge in [0.25, 0.3) is 0 Å². The van der Waals surface area contributed by atoms with Crippen LogP contribution in [-0.4, -0.2) is 32.5 Å². The molecule has 0 aliphatic heterocycles. The van der Waals surface area contributed by atoms with Gasteiger partial charge in [0.05, 0.1) is 5.75 Å². The second-order valence-corrected chi connectivity index (χ2v) is 7.98. The number of nitrogens with one attached hydrogen (secondary N) is 1. The lowest BCUT2D eigenvalue weighted by Crippen LogP contribution is -2.37. The second-order valence-electron chi connectivity index (χ2n) is 5.51. The Balaban J connectivity index is 2.15. The third-order valence-electron chi connectivity index (χ3n) is 4.10. The fourth-order valence-electron chi connectivity index (χ4n) is 2.48. The van der Waals surface area contributed by atoms with Crippen LogP contribution in [0.1, 0.15) is 46.5 Å². The third-order valence-corrected chi connectivity index (χ3v) is 5.89. The molecule has 0 bridgehead atoms. The first-order valence-corrected chi connectivity index (χ1v) is 8.70. The highest BCUT2D eigenvalue weighted by Crippen LogP contribution is 2.29. The van der Waals surface area contributed by atoms with Gasteiger partial charge in [0.2, 0.25) is 0 Å². The van der Waals surface area contributed by atoms with E-state index in [0.29, 0.717) is 11.8 Å². The molecule has 3 unspecified atom stereocenters. The lowest BCUT2D eigenvalue weighted by Gasteiger charge is -2.32. The molecule has 0 heterocycles. The Morgan fingerprint density at radius 2 is 1.88 bits per heavy atom. The van der Waals surface area contributed by atoms with Crippen LogP contribution < -0.4 is 5.32 Å². The first-order chi connectivity index (χ1) is 7.94. The maximum absolute atomic E-state index is 11.3. The van der Waals surface area contributed by atoms with Gasteiger partial charge in [-0.15, -0.1) is 0 Å². The van der Waals surface area contributed by atoms with Crippen LogP contribution in [0.15, 0.2) is 0 Å². The van der Waals surface area contributed by atoms with Crippen LogP contribution in [0, 0.1) is 11.8 Å². The Hall–Kier alpha value is -0.0900. The van der Waals surface area contributed by atoms with E-state index in [4.69, 9.17) is 0 Å². The molecule has 1 rings (SSSR count). The van der Waals surface area contributed by atoms with E-state index in [9.17, 15) is 8.42 Å². The monoisotopic (exact) mass is 261 g/mol. The molecule has 0 radical (unpaired) electrons. The molecule has 0 aromatic carbocycles. The Labute approximate surface area is 106 Å². The van der Waals surface area contributed by atoms with E-state index in [1.165, 1.54) is 19.3 Å². The summed E-state index contributed by atoms with van der Waals surface area (Å²) in [5.41, 5.74) is 0. The molecule has 1 aliphatic rings. The van der Waals surface area contributed by atoms with Crippen molar-refractivity contribution in [3.05, 3.63) is 0 Å². The van der Waals surface area contributed by atoms with E-state index in [0.717, 1.165) is 24.8 Å². The Morgan fingerprint density at radius 1 is 1.18 bits per heavy atom. The van der Waals surface area contributed by atoms with Gasteiger partial charge in [0.1, 0.15) is 9.84 Å². The number of hydrogen-bond donors (Lipinski definition) is 1. The summed E-state index contributed by atoms with van der Waals surface area (Å²) in [5, 5.41) is 3.50. The van der Waals surface area contributed by atoms with Gasteiger partial charge in [0, 0.05) is 11.8 Å². The van der Waals surface area contributed by atoms with Crippen molar-refractivity contribution >= 4 is 9.84 Å². The van der Waals surface area contributed by atoms with E-state index in [1.807, 2.05) is 0 Å². The van der Waals surface area contributed by atoms with Gasteiger partial charge in [-0.3, -0.25) is 0 Å². The minimum absolute atomic E-state index is 0.269. The highest BCUT2D eigenvalue weighted by molar-refractivity contribution is 7.91. The summed E-state index contributed by atoms with van der Waals surface area (Å²) in [6, 6.07) is 0.602. The van der Waals surface area contributed by atoms with Crippen LogP contribution in [0.3, 0.4) is 0 Å². The van der Waals surface area contributed by atoms with E-state index in [2.05, 4.69) is 19.2 Å². The molecule has 102 valence electrons. The smallest absolute Gasteiger partial charge is 0.150 e. The number of hydrogen-bond acceptors (Lipinski definition) is 3. The molecule has 0 spiro atoms. The average Bonchev–Trinajstić information content (AvgIpc) is 2.29. The predicted octanol–water partition coefficient (Wildman–Crippen LogP) is 2.23. The summed E-state index contributed by atoms with van der Waals surface area (Å²) >= 11 is 0. The largest absolute Gasteiger partial charge is 0.314 e. The van der Waals surface area contributed by atoms with Crippen molar-refractivity contribution in [3.8, 4) is 0 Å². The van der Waals surface area contributed by atoms with Gasteiger partial charge in [-0.25, -0.2) is 8.42 Å². The van der Waals surface area contributed by atoms with Crippen LogP contribution >= 0.6 is 0 Å². The summed E-state index contributed by atoms with van der Waals surface area (Å²) in [6.45, 7) is 7.20. The predicted molar refractivity (Wildman–Crippen MR) is 72.9 cm³/mol. The van der Waals surface area contributed by atoms with Crippen LogP contribution in [-0.2, 0) is 9.84 Å². The first-order valence-electron chi connectivity index (χ1n) is 6.88. The quantitative estimate of drug-likeness (QED) is 0.746. The zero-order chi connectivity index (χ0) is 12.9. The molecule has 1 aliphatic carbocycles. The van der Waals surface area contributed by atoms with Gasteiger partial charge < -0.3 is 5.32 Å². The molecule has 0 amide bonds. The first kappa shape index (κ1) is 15.0. The van der Waals surface area contributed by atoms with E-state index in [1.54, 1.807) is 6.92 Å². The number of rotatable bonds is 6. The molecule has 3 atom stereocenters. The van der Waals surface area contributed by atoms with Gasteiger partial charge in [0.15, 0.2) is 0 Å². The molecular weight excluding hydrogens is 234 g/mol. The van der Waals surface area contributed by atoms with Gasteiger partial charge in [-0.2, -0.15) is 0 Å². The molecule has 17 heavy (non-hydrogen) atoms. The van der Waals surface area contributed by atoms with Crippen molar-refractivity contribution in [2.24, 2.45) is 11.8 Å². The van der Waals surface area contributed by atoms with E-state index < -0.39 is 9.84 Å². The standard InChI is InChI=1S/C13H27NO2S/c1-4-17(15,16)9-5-8-14-13-7-6-11(2)12(3)10-13/h11-14H,4-10H2,1-3H3. The fourth-order valence-corrected chi connectivity index (χ4v) is 3.35. The van der Waals surface area contributed by atoms with Crippen LogP contribution in [0.25, 0.3) is 0 Å². The van der Waals surface area contributed by atoms with Gasteiger partial charge >= 0.3 is 0 Å². The lowest BCUT2D eigenvalue weighted by atomic mass is 9.79. The molecule has 3 nitrogen and oxygen atoms in total. The molecule has 0 aromatic rings. The van der Waals surface area contributed by atoms with Crippen LogP contribution in [0.4, 0.5) is 0 Å². The maximum atomic E-state index is 11.3. The van der Waals surface area contributed by atoms with Crippen LogP contribution in [0.5, 0.6) is 0 Å². The molecule has 4 heteroatoms. The molecule has 1 N–H and O–H groups in total. The molecule has 1 saturated carbocycles. The minimum Gasteiger partial charge on any atom is -0.314 e. The van der Waals surface area contributed by atoms with Crippen LogP contribution in [0.2, 0.25) is 0 Å². The molecule has 1 fully saturated rings.